The summed E-state index contributed by atoms with van der Waals surface area (Å²) in [6.45, 7) is 0. The molecular weight excluding hydrogens is 300 g/mol. The number of hydrogen-bond donors (Lipinski definition) is 2. The van der Waals surface area contributed by atoms with Crippen LogP contribution in [-0.2, 0) is 11.2 Å². The van der Waals surface area contributed by atoms with Crippen molar-refractivity contribution in [1.82, 2.24) is 0 Å². The monoisotopic (exact) mass is 318 g/mol. The minimum atomic E-state index is -0.107. The van der Waals surface area contributed by atoms with Crippen molar-refractivity contribution in [3.63, 3.8) is 0 Å². The molecule has 3 N–H and O–H groups in total. The Bertz CT molecular complexity index is 818. The first-order valence-corrected chi connectivity index (χ1v) is 7.67. The first-order chi connectivity index (χ1) is 11.7. The molecule has 0 aliphatic rings. The predicted octanol–water partition coefficient (Wildman–Crippen LogP) is 4.24. The summed E-state index contributed by atoms with van der Waals surface area (Å²) in [5, 5.41) is 2.85. The molecule has 3 rings (SSSR count). The fourth-order valence-corrected chi connectivity index (χ4v) is 2.32. The molecule has 0 saturated heterocycles. The highest BCUT2D eigenvalue weighted by atomic mass is 16.5. The van der Waals surface area contributed by atoms with Crippen molar-refractivity contribution in [3.8, 4) is 11.5 Å². The smallest absolute Gasteiger partial charge is 0.228 e. The molecule has 4 nitrogen and oxygen atoms in total. The van der Waals surface area contributed by atoms with Gasteiger partial charge in [0.05, 0.1) is 6.42 Å². The lowest BCUT2D eigenvalue weighted by Crippen LogP contribution is -2.15. The Labute approximate surface area is 140 Å². The third-order valence-corrected chi connectivity index (χ3v) is 3.50. The van der Waals surface area contributed by atoms with Crippen LogP contribution < -0.4 is 15.8 Å². The SMILES string of the molecule is Nc1cc(Oc2ccccc2)ccc1CC(=O)Nc1ccccc1. The van der Waals surface area contributed by atoms with E-state index >= 15 is 0 Å². The minimum Gasteiger partial charge on any atom is -0.457 e. The zero-order valence-corrected chi connectivity index (χ0v) is 13.1. The summed E-state index contributed by atoms with van der Waals surface area (Å²) in [4.78, 5) is 12.1. The molecule has 0 atom stereocenters. The number of nitrogens with two attached hydrogens (primary N) is 1. The van der Waals surface area contributed by atoms with E-state index in [4.69, 9.17) is 10.5 Å². The van der Waals surface area contributed by atoms with Crippen molar-refractivity contribution in [2.45, 2.75) is 6.42 Å². The van der Waals surface area contributed by atoms with Gasteiger partial charge in [0.2, 0.25) is 5.91 Å². The molecule has 0 heterocycles. The Hall–Kier alpha value is -3.27. The number of nitrogens with one attached hydrogen (secondary N) is 1. The second-order valence-electron chi connectivity index (χ2n) is 5.37. The molecule has 0 fully saturated rings. The van der Waals surface area contributed by atoms with Gasteiger partial charge in [-0.3, -0.25) is 4.79 Å². The molecule has 120 valence electrons. The Balaban J connectivity index is 1.65. The molecule has 3 aromatic carbocycles. The highest BCUT2D eigenvalue weighted by Crippen LogP contribution is 2.25. The summed E-state index contributed by atoms with van der Waals surface area (Å²) < 4.78 is 5.73. The normalized spacial score (nSPS) is 10.2. The average Bonchev–Trinajstić information content (AvgIpc) is 2.59. The number of hydrogen-bond acceptors (Lipinski definition) is 3. The Morgan fingerprint density at radius 3 is 2.21 bits per heavy atom. The third-order valence-electron chi connectivity index (χ3n) is 3.50. The number of amides is 1. The van der Waals surface area contributed by atoms with Crippen molar-refractivity contribution < 1.29 is 9.53 Å². The largest absolute Gasteiger partial charge is 0.457 e. The molecular formula is C20H18N2O2. The molecule has 0 radical (unpaired) electrons. The molecule has 0 saturated carbocycles. The van der Waals surface area contributed by atoms with Crippen molar-refractivity contribution in [3.05, 3.63) is 84.4 Å². The Morgan fingerprint density at radius 1 is 0.875 bits per heavy atom. The van der Waals surface area contributed by atoms with Crippen LogP contribution in [0.15, 0.2) is 78.9 Å². The summed E-state index contributed by atoms with van der Waals surface area (Å²) in [6, 6.07) is 24.2. The van der Waals surface area contributed by atoms with E-state index in [2.05, 4.69) is 5.32 Å². The van der Waals surface area contributed by atoms with Crippen molar-refractivity contribution in [2.75, 3.05) is 11.1 Å². The van der Waals surface area contributed by atoms with Crippen molar-refractivity contribution in [1.29, 1.82) is 0 Å². The molecule has 0 aliphatic heterocycles. The van der Waals surface area contributed by atoms with E-state index in [0.29, 0.717) is 11.4 Å². The fraction of sp³-hybridized carbons (Fsp3) is 0.0500. The van der Waals surface area contributed by atoms with Crippen LogP contribution in [0.4, 0.5) is 11.4 Å². The average molecular weight is 318 g/mol. The van der Waals surface area contributed by atoms with E-state index in [9.17, 15) is 4.79 Å². The quantitative estimate of drug-likeness (QED) is 0.691. The predicted molar refractivity (Wildman–Crippen MR) is 96.1 cm³/mol. The second kappa shape index (κ2) is 7.33. The lowest BCUT2D eigenvalue weighted by atomic mass is 10.1. The van der Waals surface area contributed by atoms with Gasteiger partial charge in [-0.2, -0.15) is 0 Å². The molecule has 0 spiro atoms. The molecule has 0 aliphatic carbocycles. The number of rotatable bonds is 5. The van der Waals surface area contributed by atoms with E-state index in [-0.39, 0.29) is 12.3 Å². The molecule has 0 unspecified atom stereocenters. The molecule has 1 amide bonds. The van der Waals surface area contributed by atoms with Crippen LogP contribution in [0.25, 0.3) is 0 Å². The molecule has 0 bridgehead atoms. The number of carbonyl (C=O) groups excluding carboxylic acids is 1. The number of carbonyl (C=O) groups is 1. The van der Waals surface area contributed by atoms with Gasteiger partial charge in [0, 0.05) is 17.4 Å². The van der Waals surface area contributed by atoms with Crippen LogP contribution in [0.3, 0.4) is 0 Å². The maximum Gasteiger partial charge on any atom is 0.228 e. The van der Waals surface area contributed by atoms with Gasteiger partial charge in [-0.25, -0.2) is 0 Å². The molecule has 24 heavy (non-hydrogen) atoms. The summed E-state index contributed by atoms with van der Waals surface area (Å²) in [5.41, 5.74) is 8.13. The lowest BCUT2D eigenvalue weighted by Gasteiger charge is -2.10. The van der Waals surface area contributed by atoms with E-state index < -0.39 is 0 Å². The van der Waals surface area contributed by atoms with E-state index in [0.717, 1.165) is 17.0 Å². The standard InChI is InChI=1S/C20H18N2O2/c21-19-14-18(24-17-9-5-2-6-10-17)12-11-15(19)13-20(23)22-16-7-3-1-4-8-16/h1-12,14H,13,21H2,(H,22,23). The highest BCUT2D eigenvalue weighted by Gasteiger charge is 2.08. The van der Waals surface area contributed by atoms with Crippen LogP contribution >= 0.6 is 0 Å². The van der Waals surface area contributed by atoms with Gasteiger partial charge in [0.25, 0.3) is 0 Å². The zero-order chi connectivity index (χ0) is 16.8. The first-order valence-electron chi connectivity index (χ1n) is 7.67. The van der Waals surface area contributed by atoms with Crippen LogP contribution in [0.2, 0.25) is 0 Å². The van der Waals surface area contributed by atoms with Crippen molar-refractivity contribution in [2.24, 2.45) is 0 Å². The number of anilines is 2. The van der Waals surface area contributed by atoms with Gasteiger partial charge in [-0.1, -0.05) is 42.5 Å². The fourth-order valence-electron chi connectivity index (χ4n) is 2.32. The van der Waals surface area contributed by atoms with E-state index in [1.807, 2.05) is 72.8 Å². The van der Waals surface area contributed by atoms with Gasteiger partial charge in [0.1, 0.15) is 11.5 Å². The van der Waals surface area contributed by atoms with Crippen LogP contribution in [0.5, 0.6) is 11.5 Å². The first kappa shape index (κ1) is 15.6. The number of para-hydroxylation sites is 2. The summed E-state index contributed by atoms with van der Waals surface area (Å²) in [6.07, 6.45) is 0.215. The van der Waals surface area contributed by atoms with Crippen LogP contribution in [0.1, 0.15) is 5.56 Å². The van der Waals surface area contributed by atoms with Gasteiger partial charge in [-0.05, 0) is 35.9 Å². The topological polar surface area (TPSA) is 64.3 Å². The number of ether oxygens (including phenoxy) is 1. The number of nitrogen functional groups attached to an aromatic ring is 1. The third kappa shape index (κ3) is 4.14. The van der Waals surface area contributed by atoms with Gasteiger partial charge < -0.3 is 15.8 Å². The Kier molecular flexibility index (Phi) is 4.77. The highest BCUT2D eigenvalue weighted by molar-refractivity contribution is 5.93. The maximum absolute atomic E-state index is 12.1. The molecule has 4 heteroatoms. The lowest BCUT2D eigenvalue weighted by molar-refractivity contribution is -0.115. The van der Waals surface area contributed by atoms with Crippen LogP contribution in [0, 0.1) is 0 Å². The number of benzene rings is 3. The van der Waals surface area contributed by atoms with Gasteiger partial charge >= 0.3 is 0 Å². The molecule has 0 aromatic heterocycles. The second-order valence-corrected chi connectivity index (χ2v) is 5.37. The maximum atomic E-state index is 12.1. The minimum absolute atomic E-state index is 0.107. The zero-order valence-electron chi connectivity index (χ0n) is 13.1. The van der Waals surface area contributed by atoms with E-state index in [1.54, 1.807) is 6.07 Å². The van der Waals surface area contributed by atoms with E-state index in [1.165, 1.54) is 0 Å². The summed E-state index contributed by atoms with van der Waals surface area (Å²) >= 11 is 0. The van der Waals surface area contributed by atoms with Gasteiger partial charge in [0.15, 0.2) is 0 Å². The molecule has 3 aromatic rings. The van der Waals surface area contributed by atoms with Crippen molar-refractivity contribution >= 4 is 17.3 Å². The van der Waals surface area contributed by atoms with Gasteiger partial charge in [-0.15, -0.1) is 0 Å². The summed E-state index contributed by atoms with van der Waals surface area (Å²) in [7, 11) is 0. The summed E-state index contributed by atoms with van der Waals surface area (Å²) in [5.74, 6) is 1.28. The van der Waals surface area contributed by atoms with Crippen LogP contribution in [-0.4, -0.2) is 5.91 Å². The Morgan fingerprint density at radius 2 is 1.54 bits per heavy atom.